The van der Waals surface area contributed by atoms with Gasteiger partial charge in [0.2, 0.25) is 0 Å². The molecule has 0 aromatic heterocycles. The number of phenolic OH excluding ortho intramolecular Hbond substituents is 2. The lowest BCUT2D eigenvalue weighted by Crippen LogP contribution is -2.17. The number of hydrazone groups is 1. The van der Waals surface area contributed by atoms with E-state index in [1.165, 1.54) is 25.5 Å². The first-order valence-corrected chi connectivity index (χ1v) is 8.77. The molecule has 3 rings (SSSR count). The minimum atomic E-state index is -0.612. The van der Waals surface area contributed by atoms with Gasteiger partial charge in [-0.2, -0.15) is 5.10 Å². The van der Waals surface area contributed by atoms with Crippen molar-refractivity contribution in [2.24, 2.45) is 5.10 Å². The topological polar surface area (TPSA) is 117 Å². The molecule has 0 spiro atoms. The Kier molecular flexibility index (Phi) is 6.29. The summed E-state index contributed by atoms with van der Waals surface area (Å²) in [5, 5.41) is 22.7. The Bertz CT molecular complexity index is 1070. The fourth-order valence-corrected chi connectivity index (χ4v) is 2.51. The minimum Gasteiger partial charge on any atom is -0.508 e. The van der Waals surface area contributed by atoms with Gasteiger partial charge in [0.05, 0.1) is 18.9 Å². The molecular weight excluding hydrogens is 388 g/mol. The highest BCUT2D eigenvalue weighted by Crippen LogP contribution is 2.20. The van der Waals surface area contributed by atoms with Crippen LogP contribution in [0.5, 0.6) is 23.0 Å². The van der Waals surface area contributed by atoms with Gasteiger partial charge in [0.1, 0.15) is 23.0 Å². The molecule has 0 saturated heterocycles. The number of benzene rings is 3. The fourth-order valence-electron chi connectivity index (χ4n) is 2.51. The second kappa shape index (κ2) is 9.24. The zero-order valence-electron chi connectivity index (χ0n) is 15.9. The van der Waals surface area contributed by atoms with E-state index >= 15 is 0 Å². The molecule has 0 aliphatic rings. The Balaban J connectivity index is 1.63. The largest absolute Gasteiger partial charge is 0.508 e. The first-order chi connectivity index (χ1) is 14.4. The lowest BCUT2D eigenvalue weighted by atomic mass is 10.2. The Morgan fingerprint density at radius 3 is 2.27 bits per heavy atom. The SMILES string of the molecule is COc1ccc(C(=O)Oc2cccc(/C=N/NC(=O)c3cc(O)cc(O)c3)c2)cc1. The number of aromatic hydroxyl groups is 2. The first-order valence-electron chi connectivity index (χ1n) is 8.77. The van der Waals surface area contributed by atoms with Crippen LogP contribution in [0, 0.1) is 0 Å². The van der Waals surface area contributed by atoms with Crippen LogP contribution in [-0.4, -0.2) is 35.4 Å². The van der Waals surface area contributed by atoms with E-state index in [0.29, 0.717) is 22.6 Å². The number of nitrogens with one attached hydrogen (secondary N) is 1. The van der Waals surface area contributed by atoms with Crippen molar-refractivity contribution in [2.75, 3.05) is 7.11 Å². The van der Waals surface area contributed by atoms with Crippen molar-refractivity contribution in [2.45, 2.75) is 0 Å². The summed E-state index contributed by atoms with van der Waals surface area (Å²) in [6, 6.07) is 16.6. The van der Waals surface area contributed by atoms with Gasteiger partial charge in [0.25, 0.3) is 5.91 Å². The lowest BCUT2D eigenvalue weighted by Gasteiger charge is -2.06. The van der Waals surface area contributed by atoms with Gasteiger partial charge in [-0.1, -0.05) is 12.1 Å². The van der Waals surface area contributed by atoms with E-state index in [1.54, 1.807) is 48.5 Å². The quantitative estimate of drug-likeness (QED) is 0.251. The van der Waals surface area contributed by atoms with E-state index in [0.717, 1.165) is 6.07 Å². The van der Waals surface area contributed by atoms with Gasteiger partial charge in [0, 0.05) is 11.6 Å². The standard InChI is InChI=1S/C22H18N2O6/c1-29-19-7-5-15(6-8-19)22(28)30-20-4-2-3-14(9-20)13-23-24-21(27)16-10-17(25)12-18(26)11-16/h2-13,25-26H,1H3,(H,24,27)/b23-13+. The molecule has 0 heterocycles. The van der Waals surface area contributed by atoms with Crippen LogP contribution in [0.2, 0.25) is 0 Å². The van der Waals surface area contributed by atoms with Crippen LogP contribution < -0.4 is 14.9 Å². The summed E-state index contributed by atoms with van der Waals surface area (Å²) >= 11 is 0. The summed E-state index contributed by atoms with van der Waals surface area (Å²) in [6.45, 7) is 0. The molecule has 0 aliphatic heterocycles. The van der Waals surface area contributed by atoms with Crippen LogP contribution in [0.3, 0.4) is 0 Å². The minimum absolute atomic E-state index is 0.0480. The molecule has 0 radical (unpaired) electrons. The average molecular weight is 406 g/mol. The van der Waals surface area contributed by atoms with Crippen molar-refractivity contribution in [1.29, 1.82) is 0 Å². The molecule has 30 heavy (non-hydrogen) atoms. The van der Waals surface area contributed by atoms with Gasteiger partial charge in [-0.25, -0.2) is 10.2 Å². The highest BCUT2D eigenvalue weighted by atomic mass is 16.5. The molecule has 0 aliphatic carbocycles. The molecule has 0 saturated carbocycles. The Morgan fingerprint density at radius 2 is 1.60 bits per heavy atom. The fraction of sp³-hybridized carbons (Fsp3) is 0.0455. The van der Waals surface area contributed by atoms with Crippen LogP contribution in [0.25, 0.3) is 0 Å². The van der Waals surface area contributed by atoms with E-state index in [4.69, 9.17) is 9.47 Å². The summed E-state index contributed by atoms with van der Waals surface area (Å²) in [5.41, 5.74) is 3.29. The van der Waals surface area contributed by atoms with Gasteiger partial charge in [0.15, 0.2) is 0 Å². The van der Waals surface area contributed by atoms with Crippen molar-refractivity contribution in [3.63, 3.8) is 0 Å². The molecular formula is C22H18N2O6. The molecule has 3 aromatic carbocycles. The number of ether oxygens (including phenoxy) is 2. The monoisotopic (exact) mass is 406 g/mol. The normalized spacial score (nSPS) is 10.6. The summed E-state index contributed by atoms with van der Waals surface area (Å²) in [4.78, 5) is 24.3. The average Bonchev–Trinajstić information content (AvgIpc) is 2.73. The third-order valence-electron chi connectivity index (χ3n) is 3.94. The third-order valence-corrected chi connectivity index (χ3v) is 3.94. The molecule has 8 nitrogen and oxygen atoms in total. The van der Waals surface area contributed by atoms with E-state index < -0.39 is 11.9 Å². The first kappa shape index (κ1) is 20.4. The molecule has 1 amide bonds. The second-order valence-corrected chi connectivity index (χ2v) is 6.13. The van der Waals surface area contributed by atoms with Gasteiger partial charge in [-0.15, -0.1) is 0 Å². The molecule has 8 heteroatoms. The highest BCUT2D eigenvalue weighted by molar-refractivity contribution is 5.95. The Hall–Kier alpha value is -4.33. The molecule has 3 N–H and O–H groups in total. The van der Waals surface area contributed by atoms with E-state index in [9.17, 15) is 19.8 Å². The van der Waals surface area contributed by atoms with Gasteiger partial charge in [-0.3, -0.25) is 4.79 Å². The van der Waals surface area contributed by atoms with Crippen LogP contribution in [0.15, 0.2) is 71.8 Å². The predicted octanol–water partition coefficient (Wildman–Crippen LogP) is 3.09. The lowest BCUT2D eigenvalue weighted by molar-refractivity contribution is 0.0734. The van der Waals surface area contributed by atoms with Crippen molar-refractivity contribution >= 4 is 18.1 Å². The zero-order valence-corrected chi connectivity index (χ0v) is 15.9. The van der Waals surface area contributed by atoms with Crippen LogP contribution in [0.4, 0.5) is 0 Å². The molecule has 3 aromatic rings. The van der Waals surface area contributed by atoms with Crippen LogP contribution in [-0.2, 0) is 0 Å². The summed E-state index contributed by atoms with van der Waals surface area (Å²) in [5.74, 6) is -0.675. The van der Waals surface area contributed by atoms with Crippen LogP contribution >= 0.6 is 0 Å². The third kappa shape index (κ3) is 5.35. The van der Waals surface area contributed by atoms with Gasteiger partial charge >= 0.3 is 5.97 Å². The summed E-state index contributed by atoms with van der Waals surface area (Å²) in [6.07, 6.45) is 1.37. The maximum atomic E-state index is 12.2. The number of esters is 1. The molecule has 0 bridgehead atoms. The van der Waals surface area contributed by atoms with Crippen molar-refractivity contribution < 1.29 is 29.3 Å². The number of carbonyl (C=O) groups excluding carboxylic acids is 2. The number of nitrogens with zero attached hydrogens (tertiary/aromatic N) is 1. The maximum Gasteiger partial charge on any atom is 0.343 e. The van der Waals surface area contributed by atoms with E-state index in [1.807, 2.05) is 0 Å². The van der Waals surface area contributed by atoms with Crippen LogP contribution in [0.1, 0.15) is 26.3 Å². The van der Waals surface area contributed by atoms with Crippen molar-refractivity contribution in [3.8, 4) is 23.0 Å². The number of phenols is 2. The van der Waals surface area contributed by atoms with Crippen molar-refractivity contribution in [3.05, 3.63) is 83.4 Å². The van der Waals surface area contributed by atoms with E-state index in [2.05, 4.69) is 10.5 Å². The van der Waals surface area contributed by atoms with Gasteiger partial charge < -0.3 is 19.7 Å². The number of rotatable bonds is 6. The smallest absolute Gasteiger partial charge is 0.343 e. The molecule has 152 valence electrons. The molecule has 0 atom stereocenters. The molecule has 0 unspecified atom stereocenters. The van der Waals surface area contributed by atoms with Crippen molar-refractivity contribution in [1.82, 2.24) is 5.43 Å². The number of hydrogen-bond donors (Lipinski definition) is 3. The summed E-state index contributed by atoms with van der Waals surface area (Å²) in [7, 11) is 1.54. The summed E-state index contributed by atoms with van der Waals surface area (Å²) < 4.78 is 10.4. The molecule has 0 fully saturated rings. The number of methoxy groups -OCH3 is 1. The number of carbonyl (C=O) groups is 2. The Morgan fingerprint density at radius 1 is 0.900 bits per heavy atom. The second-order valence-electron chi connectivity index (χ2n) is 6.13. The Labute approximate surface area is 172 Å². The maximum absolute atomic E-state index is 12.2. The highest BCUT2D eigenvalue weighted by Gasteiger charge is 2.10. The van der Waals surface area contributed by atoms with E-state index in [-0.39, 0.29) is 17.1 Å². The van der Waals surface area contributed by atoms with Gasteiger partial charge in [-0.05, 0) is 54.1 Å². The number of hydrogen-bond acceptors (Lipinski definition) is 7. The predicted molar refractivity (Wildman–Crippen MR) is 109 cm³/mol. The zero-order chi connectivity index (χ0) is 21.5. The number of amides is 1.